The van der Waals surface area contributed by atoms with Gasteiger partial charge in [0.1, 0.15) is 5.75 Å². The summed E-state index contributed by atoms with van der Waals surface area (Å²) >= 11 is 11.0. The van der Waals surface area contributed by atoms with Crippen LogP contribution >= 0.6 is 38.9 Å². The van der Waals surface area contributed by atoms with Gasteiger partial charge in [0, 0.05) is 41.0 Å². The van der Waals surface area contributed by atoms with Crippen molar-refractivity contribution in [2.45, 2.75) is 6.42 Å². The highest BCUT2D eigenvalue weighted by Crippen LogP contribution is 2.41. The highest BCUT2D eigenvalue weighted by Gasteiger charge is 2.24. The Morgan fingerprint density at radius 1 is 1.29 bits per heavy atom. The molecule has 0 saturated carbocycles. The van der Waals surface area contributed by atoms with E-state index in [2.05, 4.69) is 26.2 Å². The number of rotatable bonds is 3. The molecule has 2 amide bonds. The highest BCUT2D eigenvalue weighted by atomic mass is 79.9. The van der Waals surface area contributed by atoms with E-state index in [0.717, 1.165) is 26.4 Å². The van der Waals surface area contributed by atoms with Crippen molar-refractivity contribution in [1.29, 1.82) is 0 Å². The number of nitrogens with zero attached hydrogens (tertiary/aromatic N) is 2. The fraction of sp³-hybridized carbons (Fsp3) is 0.190. The maximum Gasteiger partial charge on any atom is 0.421 e. The summed E-state index contributed by atoms with van der Waals surface area (Å²) in [7, 11) is 3.08. The smallest absolute Gasteiger partial charge is 0.421 e. The maximum atomic E-state index is 12.7. The van der Waals surface area contributed by atoms with Gasteiger partial charge in [0.25, 0.3) is 11.1 Å². The van der Waals surface area contributed by atoms with E-state index in [-0.39, 0.29) is 16.1 Å². The standard InChI is InChI=1S/C21H17BrClN3O4S/c1-24-19(27)11-3-6-15(14(23)9-11)26(2)21(28)30-20-25-18-13-5-4-12(22)10-16(13)29-8-7-17(18)31-20/h3-6,9-10H,7-8H2,1-2H3,(H,24,27). The first-order valence-electron chi connectivity index (χ1n) is 9.27. The largest absolute Gasteiger partial charge is 0.492 e. The number of carbonyl (C=O) groups excluding carboxylic acids is 2. The van der Waals surface area contributed by atoms with Crippen molar-refractivity contribution in [3.05, 3.63) is 56.3 Å². The Kier molecular flexibility index (Phi) is 6.17. The van der Waals surface area contributed by atoms with E-state index >= 15 is 0 Å². The number of aromatic nitrogens is 1. The SMILES string of the molecule is CNC(=O)c1ccc(N(C)C(=O)Oc2nc3c(s2)CCOc2cc(Br)ccc2-3)c(Cl)c1. The van der Waals surface area contributed by atoms with E-state index in [9.17, 15) is 9.59 Å². The lowest BCUT2D eigenvalue weighted by atomic mass is 10.1. The van der Waals surface area contributed by atoms with Crippen LogP contribution in [0.5, 0.6) is 10.9 Å². The molecule has 0 aliphatic carbocycles. The molecule has 31 heavy (non-hydrogen) atoms. The first kappa shape index (κ1) is 21.6. The Morgan fingerprint density at radius 3 is 2.84 bits per heavy atom. The topological polar surface area (TPSA) is 80.8 Å². The number of nitrogens with one attached hydrogen (secondary N) is 1. The zero-order valence-corrected chi connectivity index (χ0v) is 19.7. The van der Waals surface area contributed by atoms with Crippen LogP contribution in [0.25, 0.3) is 11.3 Å². The fourth-order valence-corrected chi connectivity index (χ4v) is 4.67. The molecule has 0 unspecified atom stereocenters. The summed E-state index contributed by atoms with van der Waals surface area (Å²) in [6, 6.07) is 10.4. The summed E-state index contributed by atoms with van der Waals surface area (Å²) in [6.07, 6.45) is 0.0326. The second-order valence-corrected chi connectivity index (χ2v) is 9.03. The number of fused-ring (bicyclic) bond motifs is 3. The molecule has 2 heterocycles. The number of ether oxygens (including phenoxy) is 2. The lowest BCUT2D eigenvalue weighted by molar-refractivity contribution is 0.0963. The van der Waals surface area contributed by atoms with Crippen molar-refractivity contribution in [3.63, 3.8) is 0 Å². The average Bonchev–Trinajstić information content (AvgIpc) is 3.07. The molecule has 0 spiro atoms. The first-order chi connectivity index (χ1) is 14.9. The molecule has 0 radical (unpaired) electrons. The van der Waals surface area contributed by atoms with Gasteiger partial charge in [-0.25, -0.2) is 9.78 Å². The highest BCUT2D eigenvalue weighted by molar-refractivity contribution is 9.10. The maximum absolute atomic E-state index is 12.7. The second-order valence-electron chi connectivity index (χ2n) is 6.66. The van der Waals surface area contributed by atoms with Crippen LogP contribution < -0.4 is 19.7 Å². The van der Waals surface area contributed by atoms with E-state index in [0.29, 0.717) is 24.3 Å². The molecule has 160 valence electrons. The number of halogens is 2. The van der Waals surface area contributed by atoms with Crippen molar-refractivity contribution in [3.8, 4) is 22.2 Å². The van der Waals surface area contributed by atoms with E-state index in [1.54, 1.807) is 19.2 Å². The van der Waals surface area contributed by atoms with Crippen LogP contribution in [0.15, 0.2) is 40.9 Å². The van der Waals surface area contributed by atoms with Crippen LogP contribution in [0.3, 0.4) is 0 Å². The first-order valence-corrected chi connectivity index (χ1v) is 11.3. The summed E-state index contributed by atoms with van der Waals surface area (Å²) < 4.78 is 12.2. The molecular weight excluding hydrogens is 506 g/mol. The molecule has 4 rings (SSSR count). The number of hydrogen-bond acceptors (Lipinski definition) is 6. The van der Waals surface area contributed by atoms with Crippen molar-refractivity contribution in [2.75, 3.05) is 25.6 Å². The molecular formula is C21H17BrClN3O4S. The van der Waals surface area contributed by atoms with Gasteiger partial charge in [-0.1, -0.05) is 38.9 Å². The summed E-state index contributed by atoms with van der Waals surface area (Å²) in [5.74, 6) is 0.468. The fourth-order valence-electron chi connectivity index (χ4n) is 3.12. The molecule has 1 aromatic heterocycles. The van der Waals surface area contributed by atoms with Gasteiger partial charge in [0.2, 0.25) is 0 Å². The van der Waals surface area contributed by atoms with Crippen molar-refractivity contribution in [2.24, 2.45) is 0 Å². The monoisotopic (exact) mass is 521 g/mol. The quantitative estimate of drug-likeness (QED) is 0.514. The van der Waals surface area contributed by atoms with Crippen LogP contribution in [0.4, 0.5) is 10.5 Å². The van der Waals surface area contributed by atoms with Crippen molar-refractivity contribution < 1.29 is 19.1 Å². The van der Waals surface area contributed by atoms with Crippen LogP contribution in [0.1, 0.15) is 15.2 Å². The van der Waals surface area contributed by atoms with Gasteiger partial charge in [-0.3, -0.25) is 9.69 Å². The van der Waals surface area contributed by atoms with Crippen LogP contribution in [-0.2, 0) is 6.42 Å². The molecule has 0 atom stereocenters. The number of amides is 2. The van der Waals surface area contributed by atoms with E-state index < -0.39 is 6.09 Å². The third kappa shape index (κ3) is 4.39. The molecule has 7 nitrogen and oxygen atoms in total. The third-order valence-electron chi connectivity index (χ3n) is 4.71. The van der Waals surface area contributed by atoms with Crippen LogP contribution in [0.2, 0.25) is 5.02 Å². The van der Waals surface area contributed by atoms with Gasteiger partial charge in [0.05, 0.1) is 23.0 Å². The molecule has 0 saturated heterocycles. The van der Waals surface area contributed by atoms with E-state index in [1.165, 1.54) is 29.4 Å². The van der Waals surface area contributed by atoms with Crippen molar-refractivity contribution in [1.82, 2.24) is 10.3 Å². The Morgan fingerprint density at radius 2 is 2.10 bits per heavy atom. The summed E-state index contributed by atoms with van der Waals surface area (Å²) in [5.41, 5.74) is 2.43. The normalized spacial score (nSPS) is 12.1. The number of carbonyl (C=O) groups is 2. The number of thiazole rings is 1. The molecule has 1 N–H and O–H groups in total. The van der Waals surface area contributed by atoms with Gasteiger partial charge >= 0.3 is 6.09 Å². The van der Waals surface area contributed by atoms with Gasteiger partial charge in [-0.05, 0) is 36.4 Å². The zero-order chi connectivity index (χ0) is 22.1. The van der Waals surface area contributed by atoms with Crippen LogP contribution in [-0.4, -0.2) is 37.7 Å². The lowest BCUT2D eigenvalue weighted by Crippen LogP contribution is -2.29. The molecule has 1 aliphatic rings. The van der Waals surface area contributed by atoms with Gasteiger partial charge in [-0.2, -0.15) is 0 Å². The Bertz CT molecular complexity index is 1180. The third-order valence-corrected chi connectivity index (χ3v) is 6.50. The van der Waals surface area contributed by atoms with Crippen LogP contribution in [0, 0.1) is 0 Å². The average molecular weight is 523 g/mol. The number of anilines is 1. The molecule has 1 aliphatic heterocycles. The van der Waals surface area contributed by atoms with E-state index in [1.807, 2.05) is 18.2 Å². The number of hydrogen-bond donors (Lipinski definition) is 1. The molecule has 2 aromatic carbocycles. The zero-order valence-electron chi connectivity index (χ0n) is 16.6. The predicted octanol–water partition coefficient (Wildman–Crippen LogP) is 5.16. The summed E-state index contributed by atoms with van der Waals surface area (Å²) in [6.45, 7) is 0.513. The lowest BCUT2D eigenvalue weighted by Gasteiger charge is -2.17. The Hall–Kier alpha value is -2.62. The second kappa shape index (κ2) is 8.86. The van der Waals surface area contributed by atoms with Gasteiger partial charge in [-0.15, -0.1) is 0 Å². The minimum absolute atomic E-state index is 0.246. The van der Waals surface area contributed by atoms with Gasteiger partial charge in [0.15, 0.2) is 0 Å². The Balaban J connectivity index is 1.56. The summed E-state index contributed by atoms with van der Waals surface area (Å²) in [5, 5.41) is 3.03. The molecule has 3 aromatic rings. The van der Waals surface area contributed by atoms with Gasteiger partial charge < -0.3 is 14.8 Å². The minimum Gasteiger partial charge on any atom is -0.492 e. The predicted molar refractivity (Wildman–Crippen MR) is 124 cm³/mol. The minimum atomic E-state index is -0.634. The number of benzene rings is 2. The van der Waals surface area contributed by atoms with E-state index in [4.69, 9.17) is 21.1 Å². The molecule has 10 heteroatoms. The van der Waals surface area contributed by atoms with Crippen molar-refractivity contribution >= 4 is 56.6 Å². The Labute approximate surface area is 196 Å². The summed E-state index contributed by atoms with van der Waals surface area (Å²) in [4.78, 5) is 31.3. The molecule has 0 fully saturated rings. The molecule has 0 bridgehead atoms.